The molecule has 1 unspecified atom stereocenters. The van der Waals surface area contributed by atoms with Crippen LogP contribution in [0.3, 0.4) is 0 Å². The molecule has 3 rings (SSSR count). The van der Waals surface area contributed by atoms with Crippen LogP contribution >= 0.6 is 11.3 Å². The van der Waals surface area contributed by atoms with Gasteiger partial charge in [-0.05, 0) is 35.7 Å². The molecule has 150 valence electrons. The van der Waals surface area contributed by atoms with Crippen LogP contribution in [0.15, 0.2) is 24.3 Å². The van der Waals surface area contributed by atoms with Crippen molar-refractivity contribution in [2.45, 2.75) is 25.6 Å². The van der Waals surface area contributed by atoms with Crippen LogP contribution in [0.2, 0.25) is 0 Å². The summed E-state index contributed by atoms with van der Waals surface area (Å²) in [5, 5.41) is 11.0. The highest BCUT2D eigenvalue weighted by Gasteiger charge is 2.32. The van der Waals surface area contributed by atoms with Gasteiger partial charge in [0, 0.05) is 11.4 Å². The zero-order chi connectivity index (χ0) is 20.6. The third kappa shape index (κ3) is 3.94. The summed E-state index contributed by atoms with van der Waals surface area (Å²) in [5.41, 5.74) is 0.915. The summed E-state index contributed by atoms with van der Waals surface area (Å²) in [6.07, 6.45) is -4.68. The maximum atomic E-state index is 14.0. The zero-order valence-electron chi connectivity index (χ0n) is 14.4. The molecule has 1 aliphatic rings. The number of benzene rings is 1. The number of hydrogen-bond donors (Lipinski definition) is 3. The van der Waals surface area contributed by atoms with E-state index in [2.05, 4.69) is 5.32 Å². The number of nitrogens with zero attached hydrogens (tertiary/aromatic N) is 1. The SMILES string of the molecule is CC1CN(C(=O)Nc2ccc(C(F)(F)F)cc2F)Cc2sc(C(=O)NO)cc21. The Labute approximate surface area is 160 Å². The fourth-order valence-electron chi connectivity index (χ4n) is 2.96. The molecule has 0 fully saturated rings. The van der Waals surface area contributed by atoms with Gasteiger partial charge in [-0.3, -0.25) is 10.0 Å². The molecule has 1 aromatic heterocycles. The van der Waals surface area contributed by atoms with E-state index in [9.17, 15) is 27.2 Å². The number of hydrogen-bond acceptors (Lipinski definition) is 4. The number of nitrogens with one attached hydrogen (secondary N) is 2. The Morgan fingerprint density at radius 2 is 2.00 bits per heavy atom. The van der Waals surface area contributed by atoms with E-state index in [1.54, 1.807) is 11.5 Å². The molecule has 3 amide bonds. The van der Waals surface area contributed by atoms with Crippen LogP contribution in [0.5, 0.6) is 0 Å². The lowest BCUT2D eigenvalue weighted by molar-refractivity contribution is -0.137. The molecule has 1 aliphatic heterocycles. The fourth-order valence-corrected chi connectivity index (χ4v) is 4.15. The first-order valence-electron chi connectivity index (χ1n) is 8.10. The molecule has 3 N–H and O–H groups in total. The van der Waals surface area contributed by atoms with E-state index in [4.69, 9.17) is 5.21 Å². The average Bonchev–Trinajstić information content (AvgIpc) is 3.06. The number of urea groups is 1. The Morgan fingerprint density at radius 1 is 1.29 bits per heavy atom. The smallest absolute Gasteiger partial charge is 0.319 e. The quantitative estimate of drug-likeness (QED) is 0.390. The molecule has 28 heavy (non-hydrogen) atoms. The second-order valence-corrected chi connectivity index (χ2v) is 7.47. The van der Waals surface area contributed by atoms with Crippen molar-refractivity contribution in [3.63, 3.8) is 0 Å². The minimum Gasteiger partial charge on any atom is -0.319 e. The normalized spacial score (nSPS) is 16.5. The minimum absolute atomic E-state index is 0.122. The van der Waals surface area contributed by atoms with Crippen LogP contribution in [-0.4, -0.2) is 28.6 Å². The van der Waals surface area contributed by atoms with E-state index in [0.717, 1.165) is 27.8 Å². The topological polar surface area (TPSA) is 81.7 Å². The number of anilines is 1. The van der Waals surface area contributed by atoms with Crippen LogP contribution in [-0.2, 0) is 12.7 Å². The Bertz CT molecular complexity index is 929. The van der Waals surface area contributed by atoms with E-state index in [1.807, 2.05) is 6.92 Å². The molecule has 0 radical (unpaired) electrons. The molecule has 0 saturated carbocycles. The molecule has 0 aliphatic carbocycles. The monoisotopic (exact) mass is 417 g/mol. The third-order valence-electron chi connectivity index (χ3n) is 4.35. The van der Waals surface area contributed by atoms with Gasteiger partial charge in [0.1, 0.15) is 5.82 Å². The molecule has 2 aromatic rings. The number of carbonyl (C=O) groups excluding carboxylic acids is 2. The third-order valence-corrected chi connectivity index (χ3v) is 5.49. The standard InChI is InChI=1S/C17H15F4N3O3S/c1-8-6-24(7-14-10(8)5-13(28-14)15(25)23-27)16(26)22-12-3-2-9(4-11(12)18)17(19,20)21/h2-5,8,27H,6-7H2,1H3,(H,22,26)(H,23,25). The average molecular weight is 417 g/mol. The number of alkyl halides is 3. The van der Waals surface area contributed by atoms with Crippen molar-refractivity contribution in [3.8, 4) is 0 Å². The Balaban J connectivity index is 1.75. The minimum atomic E-state index is -4.68. The predicted octanol–water partition coefficient (Wildman–Crippen LogP) is 4.18. The second-order valence-electron chi connectivity index (χ2n) is 6.33. The van der Waals surface area contributed by atoms with Gasteiger partial charge in [0.05, 0.1) is 22.7 Å². The van der Waals surface area contributed by atoms with Crippen LogP contribution in [0.4, 0.5) is 28.0 Å². The summed E-state index contributed by atoms with van der Waals surface area (Å²) in [4.78, 5) is 26.4. The summed E-state index contributed by atoms with van der Waals surface area (Å²) >= 11 is 1.11. The van der Waals surface area contributed by atoms with Crippen molar-refractivity contribution in [2.75, 3.05) is 11.9 Å². The number of halogens is 4. The summed E-state index contributed by atoms with van der Waals surface area (Å²) in [6.45, 7) is 2.26. The van der Waals surface area contributed by atoms with Gasteiger partial charge in [-0.1, -0.05) is 6.92 Å². The van der Waals surface area contributed by atoms with Crippen LogP contribution in [0.1, 0.15) is 38.5 Å². The molecule has 0 saturated heterocycles. The zero-order valence-corrected chi connectivity index (χ0v) is 15.2. The Kier molecular flexibility index (Phi) is 5.31. The summed E-state index contributed by atoms with van der Waals surface area (Å²) < 4.78 is 51.8. The van der Waals surface area contributed by atoms with Gasteiger partial charge >= 0.3 is 12.2 Å². The van der Waals surface area contributed by atoms with Crippen LogP contribution in [0.25, 0.3) is 0 Å². The first kappa shape index (κ1) is 20.1. The van der Waals surface area contributed by atoms with E-state index in [1.165, 1.54) is 4.90 Å². The van der Waals surface area contributed by atoms with Gasteiger partial charge < -0.3 is 10.2 Å². The van der Waals surface area contributed by atoms with Crippen molar-refractivity contribution in [1.82, 2.24) is 10.4 Å². The van der Waals surface area contributed by atoms with Crippen molar-refractivity contribution in [1.29, 1.82) is 0 Å². The maximum absolute atomic E-state index is 14.0. The molecule has 1 atom stereocenters. The molecular formula is C17H15F4N3O3S. The fraction of sp³-hybridized carbons (Fsp3) is 0.294. The van der Waals surface area contributed by atoms with Gasteiger partial charge in [0.2, 0.25) is 0 Å². The molecule has 2 heterocycles. The molecular weight excluding hydrogens is 402 g/mol. The maximum Gasteiger partial charge on any atom is 0.416 e. The molecule has 6 nitrogen and oxygen atoms in total. The van der Waals surface area contributed by atoms with E-state index in [-0.39, 0.29) is 29.6 Å². The van der Waals surface area contributed by atoms with E-state index < -0.39 is 29.5 Å². The summed E-state index contributed by atoms with van der Waals surface area (Å²) in [7, 11) is 0. The van der Waals surface area contributed by atoms with Gasteiger partial charge in [-0.15, -0.1) is 11.3 Å². The molecule has 11 heteroatoms. The molecule has 1 aromatic carbocycles. The summed E-state index contributed by atoms with van der Waals surface area (Å²) in [6, 6.07) is 2.85. The largest absolute Gasteiger partial charge is 0.416 e. The Hall–Kier alpha value is -2.66. The first-order valence-corrected chi connectivity index (χ1v) is 8.91. The van der Waals surface area contributed by atoms with Crippen molar-refractivity contribution in [2.24, 2.45) is 0 Å². The molecule has 0 bridgehead atoms. The lowest BCUT2D eigenvalue weighted by atomic mass is 9.97. The molecule has 0 spiro atoms. The number of fused-ring (bicyclic) bond motifs is 1. The van der Waals surface area contributed by atoms with Crippen LogP contribution < -0.4 is 10.8 Å². The number of carbonyl (C=O) groups is 2. The number of thiophene rings is 1. The number of hydroxylamine groups is 1. The highest BCUT2D eigenvalue weighted by Crippen LogP contribution is 2.35. The van der Waals surface area contributed by atoms with Gasteiger partial charge in [0.25, 0.3) is 5.91 Å². The number of amides is 3. The summed E-state index contributed by atoms with van der Waals surface area (Å²) in [5.74, 6) is -1.97. The van der Waals surface area contributed by atoms with Crippen molar-refractivity contribution in [3.05, 3.63) is 51.0 Å². The second kappa shape index (κ2) is 7.40. The highest BCUT2D eigenvalue weighted by atomic mass is 32.1. The lowest BCUT2D eigenvalue weighted by Gasteiger charge is -2.31. The lowest BCUT2D eigenvalue weighted by Crippen LogP contribution is -2.39. The highest BCUT2D eigenvalue weighted by molar-refractivity contribution is 7.14. The van der Waals surface area contributed by atoms with Gasteiger partial charge in [-0.25, -0.2) is 14.7 Å². The number of rotatable bonds is 2. The van der Waals surface area contributed by atoms with E-state index in [0.29, 0.717) is 12.1 Å². The van der Waals surface area contributed by atoms with Gasteiger partial charge in [-0.2, -0.15) is 13.2 Å². The van der Waals surface area contributed by atoms with Crippen molar-refractivity contribution < 1.29 is 32.4 Å². The van der Waals surface area contributed by atoms with Crippen LogP contribution in [0, 0.1) is 5.82 Å². The first-order chi connectivity index (χ1) is 13.1. The van der Waals surface area contributed by atoms with E-state index >= 15 is 0 Å². The van der Waals surface area contributed by atoms with Crippen molar-refractivity contribution >= 4 is 29.0 Å². The Morgan fingerprint density at radius 3 is 2.61 bits per heavy atom. The predicted molar refractivity (Wildman–Crippen MR) is 92.8 cm³/mol. The van der Waals surface area contributed by atoms with Gasteiger partial charge in [0.15, 0.2) is 0 Å².